The molecule has 2 heterocycles. The first-order valence-electron chi connectivity index (χ1n) is 8.39. The van der Waals surface area contributed by atoms with Crippen LogP contribution in [0.1, 0.15) is 6.42 Å². The summed E-state index contributed by atoms with van der Waals surface area (Å²) < 4.78 is 0. The van der Waals surface area contributed by atoms with Gasteiger partial charge in [0.1, 0.15) is 5.69 Å². The van der Waals surface area contributed by atoms with Crippen LogP contribution in [0.2, 0.25) is 0 Å². The number of fused-ring (bicyclic) bond motifs is 1. The largest absolute Gasteiger partial charge is 0.366 e. The molecule has 1 aliphatic rings. The molecule has 130 valence electrons. The number of hydrogen-bond acceptors (Lipinski definition) is 3. The summed E-state index contributed by atoms with van der Waals surface area (Å²) >= 11 is 0. The number of hydrogen-bond donors (Lipinski definition) is 2. The molecule has 1 aromatic heterocycles. The Morgan fingerprint density at radius 2 is 1.88 bits per heavy atom. The lowest BCUT2D eigenvalue weighted by molar-refractivity contribution is -0.122. The Hall–Kier alpha value is -3.41. The number of pyridine rings is 1. The number of carbonyl (C=O) groups excluding carboxylic acids is 2. The van der Waals surface area contributed by atoms with Gasteiger partial charge in [0.2, 0.25) is 17.2 Å². The summed E-state index contributed by atoms with van der Waals surface area (Å²) in [6.07, 6.45) is 3.07. The van der Waals surface area contributed by atoms with E-state index in [1.165, 1.54) is 18.5 Å². The van der Waals surface area contributed by atoms with E-state index in [1.54, 1.807) is 4.90 Å². The molecular weight excluding hydrogens is 330 g/mol. The fraction of sp³-hybridized carbons (Fsp3) is 0.150. The Balaban J connectivity index is 1.58. The Bertz CT molecular complexity index is 1050. The van der Waals surface area contributed by atoms with Crippen LogP contribution in [-0.2, 0) is 9.59 Å². The van der Waals surface area contributed by atoms with Gasteiger partial charge in [-0.3, -0.25) is 14.4 Å². The van der Waals surface area contributed by atoms with Crippen LogP contribution in [0.15, 0.2) is 65.7 Å². The number of H-pyrrole nitrogens is 1. The van der Waals surface area contributed by atoms with Crippen molar-refractivity contribution >= 4 is 34.0 Å². The number of aromatic amines is 1. The first-order chi connectivity index (χ1) is 12.6. The fourth-order valence-electron chi connectivity index (χ4n) is 3.31. The highest BCUT2D eigenvalue weighted by molar-refractivity contribution is 6.08. The van der Waals surface area contributed by atoms with Gasteiger partial charge in [-0.25, -0.2) is 0 Å². The Morgan fingerprint density at radius 1 is 1.08 bits per heavy atom. The zero-order valence-electron chi connectivity index (χ0n) is 13.9. The summed E-state index contributed by atoms with van der Waals surface area (Å²) in [5.74, 6) is -0.915. The number of aromatic nitrogens is 1. The molecule has 0 aliphatic carbocycles. The molecule has 2 aromatic carbocycles. The third kappa shape index (κ3) is 2.86. The van der Waals surface area contributed by atoms with E-state index in [1.807, 2.05) is 42.5 Å². The molecule has 1 atom stereocenters. The van der Waals surface area contributed by atoms with Crippen LogP contribution in [0.4, 0.5) is 11.4 Å². The summed E-state index contributed by atoms with van der Waals surface area (Å²) in [6.45, 7) is 0.295. The van der Waals surface area contributed by atoms with Gasteiger partial charge < -0.3 is 15.2 Å². The maximum Gasteiger partial charge on any atom is 0.229 e. The van der Waals surface area contributed by atoms with Crippen LogP contribution in [0.5, 0.6) is 0 Å². The summed E-state index contributed by atoms with van der Waals surface area (Å²) in [6, 6.07) is 15.0. The van der Waals surface area contributed by atoms with Gasteiger partial charge in [0.25, 0.3) is 0 Å². The van der Waals surface area contributed by atoms with E-state index < -0.39 is 5.92 Å². The molecule has 4 rings (SSSR count). The third-order valence-corrected chi connectivity index (χ3v) is 4.64. The van der Waals surface area contributed by atoms with Crippen molar-refractivity contribution in [3.63, 3.8) is 0 Å². The molecule has 1 fully saturated rings. The second kappa shape index (κ2) is 6.48. The molecule has 0 unspecified atom stereocenters. The number of benzene rings is 2. The predicted octanol–water partition coefficient (Wildman–Crippen LogP) is 2.52. The van der Waals surface area contributed by atoms with E-state index in [-0.39, 0.29) is 29.4 Å². The molecule has 2 amide bonds. The summed E-state index contributed by atoms with van der Waals surface area (Å²) in [4.78, 5) is 41.2. The monoisotopic (exact) mass is 347 g/mol. The summed E-state index contributed by atoms with van der Waals surface area (Å²) in [5.41, 5.74) is 0.724. The fourth-order valence-corrected chi connectivity index (χ4v) is 3.31. The second-order valence-electron chi connectivity index (χ2n) is 6.32. The molecule has 0 radical (unpaired) electrons. The van der Waals surface area contributed by atoms with Gasteiger partial charge in [-0.1, -0.05) is 36.4 Å². The lowest BCUT2D eigenvalue weighted by Crippen LogP contribution is -2.29. The highest BCUT2D eigenvalue weighted by Crippen LogP contribution is 2.31. The molecule has 1 saturated heterocycles. The minimum atomic E-state index is -0.499. The number of anilines is 2. The topological polar surface area (TPSA) is 82.3 Å². The number of amides is 2. The van der Waals surface area contributed by atoms with Crippen molar-refractivity contribution in [2.75, 3.05) is 16.8 Å². The van der Waals surface area contributed by atoms with Gasteiger partial charge in [-0.2, -0.15) is 0 Å². The normalized spacial score (nSPS) is 16.8. The van der Waals surface area contributed by atoms with Crippen molar-refractivity contribution in [3.8, 4) is 0 Å². The predicted molar refractivity (Wildman–Crippen MR) is 100 cm³/mol. The minimum absolute atomic E-state index is 0.0940. The van der Waals surface area contributed by atoms with Crippen molar-refractivity contribution in [3.05, 3.63) is 71.1 Å². The van der Waals surface area contributed by atoms with Crippen LogP contribution < -0.4 is 15.6 Å². The number of nitrogens with zero attached hydrogens (tertiary/aromatic N) is 1. The van der Waals surface area contributed by atoms with Gasteiger partial charge in [0, 0.05) is 36.8 Å². The Labute approximate surface area is 149 Å². The van der Waals surface area contributed by atoms with E-state index in [0.717, 1.165) is 16.5 Å². The van der Waals surface area contributed by atoms with Crippen molar-refractivity contribution < 1.29 is 9.59 Å². The molecule has 0 spiro atoms. The summed E-state index contributed by atoms with van der Waals surface area (Å²) in [7, 11) is 0. The second-order valence-corrected chi connectivity index (χ2v) is 6.32. The Morgan fingerprint density at radius 3 is 2.73 bits per heavy atom. The van der Waals surface area contributed by atoms with Crippen LogP contribution in [-0.4, -0.2) is 23.3 Å². The van der Waals surface area contributed by atoms with E-state index in [9.17, 15) is 14.4 Å². The van der Waals surface area contributed by atoms with Crippen molar-refractivity contribution in [1.82, 2.24) is 4.98 Å². The van der Waals surface area contributed by atoms with Gasteiger partial charge >= 0.3 is 0 Å². The van der Waals surface area contributed by atoms with Crippen LogP contribution in [0.25, 0.3) is 10.8 Å². The maximum absolute atomic E-state index is 12.5. The molecule has 0 saturated carbocycles. The lowest BCUT2D eigenvalue weighted by Gasteiger charge is -2.19. The molecule has 3 aromatic rings. The molecule has 1 aliphatic heterocycles. The molecule has 0 bridgehead atoms. The molecule has 26 heavy (non-hydrogen) atoms. The highest BCUT2D eigenvalue weighted by Gasteiger charge is 2.35. The SMILES string of the molecule is O=C(Nc1c[nH]ccc1=O)[C@H]1CC(=O)N(c2cccc3ccccc23)C1. The lowest BCUT2D eigenvalue weighted by atomic mass is 10.1. The van der Waals surface area contributed by atoms with Gasteiger partial charge in [0.15, 0.2) is 0 Å². The first-order valence-corrected chi connectivity index (χ1v) is 8.39. The van der Waals surface area contributed by atoms with E-state index >= 15 is 0 Å². The zero-order chi connectivity index (χ0) is 18.1. The van der Waals surface area contributed by atoms with Gasteiger partial charge in [-0.15, -0.1) is 0 Å². The molecular formula is C20H17N3O3. The van der Waals surface area contributed by atoms with Crippen molar-refractivity contribution in [2.45, 2.75) is 6.42 Å². The third-order valence-electron chi connectivity index (χ3n) is 4.64. The first kappa shape index (κ1) is 16.1. The quantitative estimate of drug-likeness (QED) is 0.764. The maximum atomic E-state index is 12.5. The molecule has 6 nitrogen and oxygen atoms in total. The number of carbonyl (C=O) groups is 2. The van der Waals surface area contributed by atoms with Crippen LogP contribution in [0.3, 0.4) is 0 Å². The van der Waals surface area contributed by atoms with Crippen molar-refractivity contribution in [1.29, 1.82) is 0 Å². The average Bonchev–Trinajstić information content (AvgIpc) is 3.05. The number of rotatable bonds is 3. The van der Waals surface area contributed by atoms with E-state index in [2.05, 4.69) is 10.3 Å². The van der Waals surface area contributed by atoms with Gasteiger partial charge in [0.05, 0.1) is 11.6 Å². The standard InChI is InChI=1S/C20H17N3O3/c24-18-8-9-21-11-16(18)22-20(26)14-10-19(25)23(12-14)17-7-3-5-13-4-1-2-6-15(13)17/h1-9,11,14H,10,12H2,(H,21,24)(H,22,26)/t14-/m0/s1. The molecule has 6 heteroatoms. The smallest absolute Gasteiger partial charge is 0.229 e. The summed E-state index contributed by atoms with van der Waals surface area (Å²) in [5, 5.41) is 4.64. The molecule has 2 N–H and O–H groups in total. The van der Waals surface area contributed by atoms with E-state index in [0.29, 0.717) is 6.54 Å². The zero-order valence-corrected chi connectivity index (χ0v) is 13.9. The van der Waals surface area contributed by atoms with Crippen LogP contribution in [0, 0.1) is 5.92 Å². The minimum Gasteiger partial charge on any atom is -0.366 e. The van der Waals surface area contributed by atoms with E-state index in [4.69, 9.17) is 0 Å². The Kier molecular flexibility index (Phi) is 4.01. The van der Waals surface area contributed by atoms with Gasteiger partial charge in [-0.05, 0) is 11.5 Å². The highest BCUT2D eigenvalue weighted by atomic mass is 16.2. The van der Waals surface area contributed by atoms with Crippen molar-refractivity contribution in [2.24, 2.45) is 5.92 Å². The number of nitrogens with one attached hydrogen (secondary N) is 2. The van der Waals surface area contributed by atoms with Crippen LogP contribution >= 0.6 is 0 Å². The average molecular weight is 347 g/mol.